The van der Waals surface area contributed by atoms with E-state index in [0.29, 0.717) is 17.0 Å². The number of aromatic nitrogens is 1. The van der Waals surface area contributed by atoms with Gasteiger partial charge in [-0.25, -0.2) is 4.98 Å². The number of benzene rings is 1. The number of halogens is 4. The lowest BCUT2D eigenvalue weighted by Crippen LogP contribution is -2.47. The van der Waals surface area contributed by atoms with Crippen LogP contribution in [-0.2, 0) is 15.8 Å². The SMILES string of the molecule is Cc1csc(C(O)(CC(=O)NCC(C)(C)c2ccc(Br)cc2)C(F)(F)F)n1. The van der Waals surface area contributed by atoms with Crippen molar-refractivity contribution >= 4 is 33.2 Å². The Labute approximate surface area is 168 Å². The first-order chi connectivity index (χ1) is 12.3. The molecule has 0 aliphatic carbocycles. The van der Waals surface area contributed by atoms with Gasteiger partial charge in [-0.05, 0) is 24.6 Å². The molecule has 0 saturated carbocycles. The highest BCUT2D eigenvalue weighted by atomic mass is 79.9. The van der Waals surface area contributed by atoms with Crippen LogP contribution in [0, 0.1) is 6.92 Å². The number of amides is 1. The van der Waals surface area contributed by atoms with Crippen LogP contribution in [0.4, 0.5) is 13.2 Å². The van der Waals surface area contributed by atoms with Crippen molar-refractivity contribution in [3.63, 3.8) is 0 Å². The van der Waals surface area contributed by atoms with Gasteiger partial charge >= 0.3 is 6.18 Å². The van der Waals surface area contributed by atoms with Gasteiger partial charge in [0.1, 0.15) is 5.01 Å². The number of alkyl halides is 3. The molecule has 0 bridgehead atoms. The fraction of sp³-hybridized carbons (Fsp3) is 0.444. The van der Waals surface area contributed by atoms with E-state index in [1.165, 1.54) is 12.3 Å². The van der Waals surface area contributed by atoms with E-state index in [1.807, 2.05) is 38.1 Å². The summed E-state index contributed by atoms with van der Waals surface area (Å²) in [5.41, 5.74) is -2.52. The maximum atomic E-state index is 13.5. The number of carbonyl (C=O) groups excluding carboxylic acids is 1. The number of carbonyl (C=O) groups is 1. The van der Waals surface area contributed by atoms with Crippen molar-refractivity contribution < 1.29 is 23.1 Å². The molecule has 2 rings (SSSR count). The zero-order valence-corrected chi connectivity index (χ0v) is 17.4. The van der Waals surface area contributed by atoms with Gasteiger partial charge in [-0.15, -0.1) is 11.3 Å². The summed E-state index contributed by atoms with van der Waals surface area (Å²) in [6, 6.07) is 7.46. The average molecular weight is 465 g/mol. The number of aliphatic hydroxyl groups is 1. The van der Waals surface area contributed by atoms with Gasteiger partial charge in [0, 0.05) is 27.5 Å². The Hall–Kier alpha value is -1.45. The molecule has 2 N–H and O–H groups in total. The number of hydrogen-bond acceptors (Lipinski definition) is 4. The molecule has 2 aromatic rings. The van der Waals surface area contributed by atoms with Gasteiger partial charge in [0.05, 0.1) is 6.42 Å². The molecule has 1 atom stereocenters. The van der Waals surface area contributed by atoms with E-state index in [1.54, 1.807) is 0 Å². The molecule has 0 saturated heterocycles. The van der Waals surface area contributed by atoms with E-state index in [-0.39, 0.29) is 6.54 Å². The molecule has 0 aliphatic heterocycles. The summed E-state index contributed by atoms with van der Waals surface area (Å²) in [5, 5.41) is 13.6. The summed E-state index contributed by atoms with van der Waals surface area (Å²) in [4.78, 5) is 15.9. The maximum Gasteiger partial charge on any atom is 0.424 e. The summed E-state index contributed by atoms with van der Waals surface area (Å²) in [6.45, 7) is 5.39. The molecule has 1 aromatic heterocycles. The van der Waals surface area contributed by atoms with Crippen LogP contribution >= 0.6 is 27.3 Å². The molecule has 4 nitrogen and oxygen atoms in total. The van der Waals surface area contributed by atoms with Gasteiger partial charge < -0.3 is 10.4 Å². The Kier molecular flexibility index (Phi) is 6.38. The largest absolute Gasteiger partial charge is 0.424 e. The van der Waals surface area contributed by atoms with E-state index >= 15 is 0 Å². The second-order valence-corrected chi connectivity index (χ2v) is 8.77. The monoisotopic (exact) mass is 464 g/mol. The first-order valence-electron chi connectivity index (χ1n) is 8.09. The van der Waals surface area contributed by atoms with Crippen LogP contribution in [0.5, 0.6) is 0 Å². The quantitative estimate of drug-likeness (QED) is 0.663. The van der Waals surface area contributed by atoms with Gasteiger partial charge in [0.2, 0.25) is 11.5 Å². The van der Waals surface area contributed by atoms with E-state index in [2.05, 4.69) is 26.2 Å². The van der Waals surface area contributed by atoms with Crippen LogP contribution in [0.1, 0.15) is 36.5 Å². The molecule has 1 heterocycles. The second-order valence-electron chi connectivity index (χ2n) is 7.00. The van der Waals surface area contributed by atoms with Crippen LogP contribution < -0.4 is 5.32 Å². The van der Waals surface area contributed by atoms with Crippen LogP contribution in [0.25, 0.3) is 0 Å². The summed E-state index contributed by atoms with van der Waals surface area (Å²) in [6.07, 6.45) is -6.16. The highest BCUT2D eigenvalue weighted by Crippen LogP contribution is 2.42. The van der Waals surface area contributed by atoms with E-state index in [0.717, 1.165) is 10.0 Å². The Morgan fingerprint density at radius 2 is 1.85 bits per heavy atom. The minimum absolute atomic E-state index is 0.123. The Bertz CT molecular complexity index is 806. The predicted molar refractivity (Wildman–Crippen MR) is 102 cm³/mol. The van der Waals surface area contributed by atoms with Gasteiger partial charge in [0.25, 0.3) is 0 Å². The minimum atomic E-state index is -5.02. The van der Waals surface area contributed by atoms with Crippen molar-refractivity contribution in [1.29, 1.82) is 0 Å². The predicted octanol–water partition coefficient (Wildman–Crippen LogP) is 4.45. The third-order valence-corrected chi connectivity index (χ3v) is 5.85. The van der Waals surface area contributed by atoms with Crippen molar-refractivity contribution in [3.05, 3.63) is 50.4 Å². The normalized spacial score (nSPS) is 14.7. The number of rotatable bonds is 6. The number of hydrogen-bond donors (Lipinski definition) is 2. The summed E-state index contributed by atoms with van der Waals surface area (Å²) in [5.74, 6) is -0.895. The number of aryl methyl sites for hydroxylation is 1. The van der Waals surface area contributed by atoms with Crippen molar-refractivity contribution in [2.24, 2.45) is 0 Å². The van der Waals surface area contributed by atoms with Gasteiger partial charge in [0.15, 0.2) is 0 Å². The lowest BCUT2D eigenvalue weighted by Gasteiger charge is -2.29. The van der Waals surface area contributed by atoms with Gasteiger partial charge in [-0.2, -0.15) is 13.2 Å². The first-order valence-corrected chi connectivity index (χ1v) is 9.77. The lowest BCUT2D eigenvalue weighted by atomic mass is 9.84. The van der Waals surface area contributed by atoms with Crippen molar-refractivity contribution in [2.45, 2.75) is 44.4 Å². The highest BCUT2D eigenvalue weighted by Gasteiger charge is 2.58. The first kappa shape index (κ1) is 21.8. The molecule has 9 heteroatoms. The Morgan fingerprint density at radius 3 is 2.33 bits per heavy atom. The smallest absolute Gasteiger partial charge is 0.374 e. The molecule has 148 valence electrons. The Morgan fingerprint density at radius 1 is 1.26 bits per heavy atom. The maximum absolute atomic E-state index is 13.5. The number of nitrogens with one attached hydrogen (secondary N) is 1. The molecule has 0 spiro atoms. The van der Waals surface area contributed by atoms with Crippen molar-refractivity contribution in [3.8, 4) is 0 Å². The molecule has 1 amide bonds. The molecule has 1 aromatic carbocycles. The fourth-order valence-electron chi connectivity index (χ4n) is 2.46. The fourth-order valence-corrected chi connectivity index (χ4v) is 3.64. The summed E-state index contributed by atoms with van der Waals surface area (Å²) in [7, 11) is 0. The van der Waals surface area contributed by atoms with Gasteiger partial charge in [-0.1, -0.05) is 41.9 Å². The van der Waals surface area contributed by atoms with E-state index in [4.69, 9.17) is 0 Å². The van der Waals surface area contributed by atoms with Crippen molar-refractivity contribution in [1.82, 2.24) is 10.3 Å². The molecule has 27 heavy (non-hydrogen) atoms. The molecule has 0 fully saturated rings. The topological polar surface area (TPSA) is 62.2 Å². The van der Waals surface area contributed by atoms with Gasteiger partial charge in [-0.3, -0.25) is 4.79 Å². The van der Waals surface area contributed by atoms with E-state index in [9.17, 15) is 23.1 Å². The van der Waals surface area contributed by atoms with Crippen LogP contribution in [0.2, 0.25) is 0 Å². The highest BCUT2D eigenvalue weighted by molar-refractivity contribution is 9.10. The molecule has 1 unspecified atom stereocenters. The van der Waals surface area contributed by atoms with Crippen molar-refractivity contribution in [2.75, 3.05) is 6.54 Å². The Balaban J connectivity index is 2.11. The summed E-state index contributed by atoms with van der Waals surface area (Å²) >= 11 is 4.02. The third-order valence-electron chi connectivity index (χ3n) is 4.21. The van der Waals surface area contributed by atoms with Crippen LogP contribution in [0.15, 0.2) is 34.1 Å². The second kappa shape index (κ2) is 7.89. The third kappa shape index (κ3) is 5.08. The van der Waals surface area contributed by atoms with Crippen LogP contribution in [-0.4, -0.2) is 28.7 Å². The molecule has 0 aliphatic rings. The number of nitrogens with zero attached hydrogens (tertiary/aromatic N) is 1. The molecular weight excluding hydrogens is 445 g/mol. The zero-order valence-electron chi connectivity index (χ0n) is 15.0. The standard InChI is InChI=1S/C18H20BrF3N2O2S/c1-11-9-27-15(24-11)17(26,18(20,21)22)8-14(25)23-10-16(2,3)12-4-6-13(19)7-5-12/h4-7,9,26H,8,10H2,1-3H3,(H,23,25). The van der Waals surface area contributed by atoms with Crippen LogP contribution in [0.3, 0.4) is 0 Å². The lowest BCUT2D eigenvalue weighted by molar-refractivity contribution is -0.267. The minimum Gasteiger partial charge on any atom is -0.374 e. The van der Waals surface area contributed by atoms with E-state index < -0.39 is 34.5 Å². The molecule has 0 radical (unpaired) electrons. The zero-order chi connectivity index (χ0) is 20.5. The summed E-state index contributed by atoms with van der Waals surface area (Å²) < 4.78 is 41.3. The number of thiazole rings is 1. The molecular formula is C18H20BrF3N2O2S. The average Bonchev–Trinajstić information content (AvgIpc) is 2.99.